The van der Waals surface area contributed by atoms with E-state index in [0.717, 1.165) is 5.56 Å². The van der Waals surface area contributed by atoms with Crippen molar-refractivity contribution in [3.05, 3.63) is 60.2 Å². The van der Waals surface area contributed by atoms with Crippen molar-refractivity contribution >= 4 is 19.7 Å². The highest BCUT2D eigenvalue weighted by Gasteiger charge is 2.47. The molecule has 2 aromatic rings. The van der Waals surface area contributed by atoms with Crippen LogP contribution < -0.4 is 4.74 Å². The molecule has 6 nitrogen and oxygen atoms in total. The third-order valence-corrected chi connectivity index (χ3v) is 9.17. The Labute approximate surface area is 173 Å². The molecule has 3 rings (SSSR count). The Morgan fingerprint density at radius 3 is 2.24 bits per heavy atom. The number of hydrogen-bond donors (Lipinski definition) is 0. The summed E-state index contributed by atoms with van der Waals surface area (Å²) >= 11 is 0. The molecule has 1 heterocycles. The highest BCUT2D eigenvalue weighted by atomic mass is 32.2. The molecule has 0 saturated carbocycles. The van der Waals surface area contributed by atoms with Gasteiger partial charge in [-0.3, -0.25) is 4.90 Å². The van der Waals surface area contributed by atoms with Gasteiger partial charge >= 0.3 is 0 Å². The highest BCUT2D eigenvalue weighted by molar-refractivity contribution is 7.96. The van der Waals surface area contributed by atoms with Crippen LogP contribution in [0, 0.1) is 0 Å². The fourth-order valence-electron chi connectivity index (χ4n) is 3.65. The van der Waals surface area contributed by atoms with Gasteiger partial charge < -0.3 is 4.74 Å². The molecule has 2 atom stereocenters. The Hall–Kier alpha value is -1.90. The second kappa shape index (κ2) is 8.45. The Kier molecular flexibility index (Phi) is 6.36. The standard InChI is InChI=1S/C21H27NO5S2/c1-16(2)27-18-9-11-19(12-10-18)29(25,26)21-15-28(23,24)14-20(21)22(3)13-17-7-5-4-6-8-17/h4-12,16,20-21H,13-15H2,1-3H3/t20-,21-/m0/s1. The summed E-state index contributed by atoms with van der Waals surface area (Å²) in [7, 11) is -5.48. The summed E-state index contributed by atoms with van der Waals surface area (Å²) in [5.41, 5.74) is 1.01. The first-order valence-corrected chi connectivity index (χ1v) is 12.9. The van der Waals surface area contributed by atoms with Crippen LogP contribution >= 0.6 is 0 Å². The van der Waals surface area contributed by atoms with Crippen LogP contribution in [-0.4, -0.2) is 57.7 Å². The number of nitrogens with zero attached hydrogens (tertiary/aromatic N) is 1. The zero-order valence-electron chi connectivity index (χ0n) is 16.9. The molecule has 8 heteroatoms. The van der Waals surface area contributed by atoms with E-state index in [0.29, 0.717) is 12.3 Å². The van der Waals surface area contributed by atoms with Crippen molar-refractivity contribution in [3.8, 4) is 5.75 Å². The van der Waals surface area contributed by atoms with Crippen molar-refractivity contribution < 1.29 is 21.6 Å². The zero-order valence-corrected chi connectivity index (χ0v) is 18.5. The van der Waals surface area contributed by atoms with Gasteiger partial charge in [0.05, 0.1) is 27.8 Å². The Balaban J connectivity index is 1.87. The van der Waals surface area contributed by atoms with E-state index in [1.165, 1.54) is 12.1 Å². The largest absolute Gasteiger partial charge is 0.491 e. The number of benzene rings is 2. The summed E-state index contributed by atoms with van der Waals surface area (Å²) in [6, 6.07) is 15.2. The molecule has 1 fully saturated rings. The van der Waals surface area contributed by atoms with Gasteiger partial charge in [0.2, 0.25) is 0 Å². The molecule has 0 amide bonds. The van der Waals surface area contributed by atoms with Crippen LogP contribution in [0.1, 0.15) is 19.4 Å². The lowest BCUT2D eigenvalue weighted by Crippen LogP contribution is -2.44. The van der Waals surface area contributed by atoms with Crippen molar-refractivity contribution in [3.63, 3.8) is 0 Å². The summed E-state index contributed by atoms with van der Waals surface area (Å²) in [5.74, 6) is 0.0637. The van der Waals surface area contributed by atoms with Crippen LogP contribution in [0.4, 0.5) is 0 Å². The van der Waals surface area contributed by atoms with Gasteiger partial charge in [0, 0.05) is 12.6 Å². The summed E-state index contributed by atoms with van der Waals surface area (Å²) in [6.07, 6.45) is -0.0200. The molecule has 0 radical (unpaired) electrons. The van der Waals surface area contributed by atoms with Crippen LogP contribution in [-0.2, 0) is 26.2 Å². The first-order valence-electron chi connectivity index (χ1n) is 9.54. The van der Waals surface area contributed by atoms with E-state index in [2.05, 4.69) is 0 Å². The van der Waals surface area contributed by atoms with Gasteiger partial charge in [-0.15, -0.1) is 0 Å². The molecule has 0 aromatic heterocycles. The monoisotopic (exact) mass is 437 g/mol. The van der Waals surface area contributed by atoms with Crippen LogP contribution in [0.25, 0.3) is 0 Å². The summed E-state index contributed by atoms with van der Waals surface area (Å²) < 4.78 is 56.9. The quantitative estimate of drug-likeness (QED) is 0.662. The normalized spacial score (nSPS) is 21.6. The van der Waals surface area contributed by atoms with Crippen molar-refractivity contribution in [1.29, 1.82) is 0 Å². The van der Waals surface area contributed by atoms with E-state index < -0.39 is 31.0 Å². The molecular formula is C21H27NO5S2. The van der Waals surface area contributed by atoms with E-state index in [1.807, 2.05) is 49.1 Å². The van der Waals surface area contributed by atoms with Gasteiger partial charge in [-0.05, 0) is 50.7 Å². The minimum Gasteiger partial charge on any atom is -0.491 e. The predicted molar refractivity (Wildman–Crippen MR) is 114 cm³/mol. The van der Waals surface area contributed by atoms with Gasteiger partial charge in [-0.1, -0.05) is 30.3 Å². The highest BCUT2D eigenvalue weighted by Crippen LogP contribution is 2.30. The van der Waals surface area contributed by atoms with Gasteiger partial charge in [0.25, 0.3) is 0 Å². The summed E-state index contributed by atoms with van der Waals surface area (Å²) in [5, 5.41) is -1.00. The van der Waals surface area contributed by atoms with E-state index >= 15 is 0 Å². The average Bonchev–Trinajstić information content (AvgIpc) is 2.99. The first kappa shape index (κ1) is 21.8. The SMILES string of the molecule is CC(C)Oc1ccc(S(=O)(=O)[C@H]2CS(=O)(=O)C[C@@H]2N(C)Cc2ccccc2)cc1. The molecule has 0 N–H and O–H groups in total. The fraction of sp³-hybridized carbons (Fsp3) is 0.429. The summed E-state index contributed by atoms with van der Waals surface area (Å²) in [6.45, 7) is 4.26. The van der Waals surface area contributed by atoms with Crippen LogP contribution in [0.5, 0.6) is 5.75 Å². The minimum absolute atomic E-state index is 0.0200. The third-order valence-electron chi connectivity index (χ3n) is 5.04. The molecule has 0 unspecified atom stereocenters. The first-order chi connectivity index (χ1) is 13.6. The number of sulfone groups is 2. The topological polar surface area (TPSA) is 80.8 Å². The molecule has 0 spiro atoms. The molecule has 1 aliphatic rings. The van der Waals surface area contributed by atoms with Crippen LogP contribution in [0.3, 0.4) is 0 Å². The molecule has 0 aliphatic carbocycles. The number of ether oxygens (including phenoxy) is 1. The van der Waals surface area contributed by atoms with Crippen molar-refractivity contribution in [2.24, 2.45) is 0 Å². The Morgan fingerprint density at radius 2 is 1.66 bits per heavy atom. The number of hydrogen-bond acceptors (Lipinski definition) is 6. The molecule has 0 bridgehead atoms. The van der Waals surface area contributed by atoms with Gasteiger partial charge in [-0.2, -0.15) is 0 Å². The van der Waals surface area contributed by atoms with Crippen molar-refractivity contribution in [1.82, 2.24) is 4.90 Å². The molecule has 2 aromatic carbocycles. The minimum atomic E-state index is -3.82. The lowest BCUT2D eigenvalue weighted by Gasteiger charge is -2.28. The van der Waals surface area contributed by atoms with Crippen LogP contribution in [0.2, 0.25) is 0 Å². The van der Waals surface area contributed by atoms with Gasteiger partial charge in [0.15, 0.2) is 19.7 Å². The van der Waals surface area contributed by atoms with E-state index in [4.69, 9.17) is 4.74 Å². The zero-order chi connectivity index (χ0) is 21.2. The van der Waals surface area contributed by atoms with Crippen molar-refractivity contribution in [2.75, 3.05) is 18.6 Å². The maximum absolute atomic E-state index is 13.3. The molecule has 1 aliphatic heterocycles. The smallest absolute Gasteiger partial charge is 0.183 e. The second-order valence-electron chi connectivity index (χ2n) is 7.77. The Morgan fingerprint density at radius 1 is 1.03 bits per heavy atom. The lowest BCUT2D eigenvalue weighted by molar-refractivity contribution is 0.242. The van der Waals surface area contributed by atoms with E-state index in [-0.39, 0.29) is 22.5 Å². The average molecular weight is 438 g/mol. The number of rotatable bonds is 7. The Bertz CT molecular complexity index is 1030. The molecule has 158 valence electrons. The van der Waals surface area contributed by atoms with Gasteiger partial charge in [-0.25, -0.2) is 16.8 Å². The van der Waals surface area contributed by atoms with E-state index in [1.54, 1.807) is 19.2 Å². The van der Waals surface area contributed by atoms with Crippen LogP contribution in [0.15, 0.2) is 59.5 Å². The second-order valence-corrected chi connectivity index (χ2v) is 12.1. The molecular weight excluding hydrogens is 410 g/mol. The van der Waals surface area contributed by atoms with Gasteiger partial charge in [0.1, 0.15) is 5.75 Å². The predicted octanol–water partition coefficient (Wildman–Crippen LogP) is 2.55. The molecule has 1 saturated heterocycles. The summed E-state index contributed by atoms with van der Waals surface area (Å²) in [4.78, 5) is 1.95. The van der Waals surface area contributed by atoms with Crippen molar-refractivity contribution in [2.45, 2.75) is 42.7 Å². The molecule has 29 heavy (non-hydrogen) atoms. The lowest BCUT2D eigenvalue weighted by atomic mass is 10.1. The van der Waals surface area contributed by atoms with E-state index in [9.17, 15) is 16.8 Å². The third kappa shape index (κ3) is 5.18. The maximum atomic E-state index is 13.3. The fourth-order valence-corrected chi connectivity index (χ4v) is 8.56. The maximum Gasteiger partial charge on any atom is 0.183 e.